The van der Waals surface area contributed by atoms with Crippen molar-refractivity contribution in [1.82, 2.24) is 4.90 Å². The molecule has 86 valence electrons. The number of hydrogen-bond donors (Lipinski definition) is 1. The number of benzene rings is 1. The van der Waals surface area contributed by atoms with E-state index in [0.29, 0.717) is 6.04 Å². The fourth-order valence-electron chi connectivity index (χ4n) is 2.94. The summed E-state index contributed by atoms with van der Waals surface area (Å²) in [4.78, 5) is 2.62. The number of hydrogen-bond acceptors (Lipinski definition) is 2. The molecule has 0 spiro atoms. The molecule has 1 N–H and O–H groups in total. The van der Waals surface area contributed by atoms with Crippen molar-refractivity contribution in [3.63, 3.8) is 0 Å². The molecule has 0 saturated carbocycles. The highest BCUT2D eigenvalue weighted by Crippen LogP contribution is 2.25. The molecule has 1 fully saturated rings. The monoisotopic (exact) mass is 216 g/mol. The molecule has 1 aromatic carbocycles. The van der Waals surface area contributed by atoms with Gasteiger partial charge in [-0.15, -0.1) is 0 Å². The zero-order valence-corrected chi connectivity index (χ0v) is 9.78. The van der Waals surface area contributed by atoms with Gasteiger partial charge in [-0.25, -0.2) is 0 Å². The lowest BCUT2D eigenvalue weighted by atomic mass is 10.1. The number of nitrogens with zero attached hydrogens (tertiary/aromatic N) is 1. The summed E-state index contributed by atoms with van der Waals surface area (Å²) in [5, 5.41) is 3.64. The number of anilines is 1. The zero-order valence-electron chi connectivity index (χ0n) is 9.78. The predicted octanol–water partition coefficient (Wildman–Crippen LogP) is 2.51. The molecule has 1 saturated heterocycles. The van der Waals surface area contributed by atoms with E-state index in [2.05, 4.69) is 34.5 Å². The molecule has 2 heteroatoms. The second-order valence-corrected chi connectivity index (χ2v) is 5.06. The summed E-state index contributed by atoms with van der Waals surface area (Å²) in [6.45, 7) is 3.82. The molecular weight excluding hydrogens is 196 g/mol. The van der Waals surface area contributed by atoms with Crippen molar-refractivity contribution in [3.05, 3.63) is 29.8 Å². The second-order valence-electron chi connectivity index (χ2n) is 5.06. The maximum atomic E-state index is 3.64. The molecule has 0 aliphatic carbocycles. The molecule has 0 bridgehead atoms. The minimum atomic E-state index is 0.635. The van der Waals surface area contributed by atoms with Gasteiger partial charge < -0.3 is 10.2 Å². The lowest BCUT2D eigenvalue weighted by Gasteiger charge is -2.29. The van der Waals surface area contributed by atoms with E-state index in [1.165, 1.54) is 56.6 Å². The molecule has 0 radical (unpaired) electrons. The molecular formula is C14H20N2. The number of fused-ring (bicyclic) bond motifs is 1. The molecule has 0 unspecified atom stereocenters. The van der Waals surface area contributed by atoms with Crippen LogP contribution in [0.15, 0.2) is 24.3 Å². The van der Waals surface area contributed by atoms with Gasteiger partial charge in [-0.3, -0.25) is 0 Å². The van der Waals surface area contributed by atoms with Crippen LogP contribution in [0.25, 0.3) is 0 Å². The normalized spacial score (nSPS) is 25.1. The third-order valence-corrected chi connectivity index (χ3v) is 3.77. The first kappa shape index (κ1) is 10.2. The van der Waals surface area contributed by atoms with Crippen molar-refractivity contribution in [1.29, 1.82) is 0 Å². The lowest BCUT2D eigenvalue weighted by molar-refractivity contribution is 0.221. The van der Waals surface area contributed by atoms with E-state index in [4.69, 9.17) is 0 Å². The third-order valence-electron chi connectivity index (χ3n) is 3.77. The van der Waals surface area contributed by atoms with Crippen molar-refractivity contribution < 1.29 is 0 Å². The number of likely N-dealkylation sites (tertiary alicyclic amines) is 1. The highest BCUT2D eigenvalue weighted by molar-refractivity contribution is 5.56. The predicted molar refractivity (Wildman–Crippen MR) is 67.8 cm³/mol. The van der Waals surface area contributed by atoms with Gasteiger partial charge in [0.05, 0.1) is 0 Å². The average Bonchev–Trinajstić information content (AvgIpc) is 2.72. The summed E-state index contributed by atoms with van der Waals surface area (Å²) in [6, 6.07) is 9.35. The van der Waals surface area contributed by atoms with Gasteiger partial charge in [0.1, 0.15) is 0 Å². The minimum absolute atomic E-state index is 0.635. The Morgan fingerprint density at radius 1 is 1.12 bits per heavy atom. The molecule has 2 aliphatic rings. The molecule has 1 aromatic rings. The van der Waals surface area contributed by atoms with Crippen molar-refractivity contribution in [3.8, 4) is 0 Å². The standard InChI is InChI=1S/C14H20N2/c1-4-8-16(9-5-1)11-13-10-12-6-2-3-7-14(12)15-13/h2-3,6-7,13,15H,1,4-5,8-11H2/t13-/m0/s1. The van der Waals surface area contributed by atoms with Gasteiger partial charge in [0.15, 0.2) is 0 Å². The molecule has 1 atom stereocenters. The smallest absolute Gasteiger partial charge is 0.0429 e. The third kappa shape index (κ3) is 2.07. The quantitative estimate of drug-likeness (QED) is 0.817. The van der Waals surface area contributed by atoms with E-state index in [1.54, 1.807) is 0 Å². The number of piperidine rings is 1. The average molecular weight is 216 g/mol. The van der Waals surface area contributed by atoms with E-state index in [1.807, 2.05) is 0 Å². The Morgan fingerprint density at radius 2 is 1.94 bits per heavy atom. The first-order valence-corrected chi connectivity index (χ1v) is 6.48. The first-order chi connectivity index (χ1) is 7.92. The maximum Gasteiger partial charge on any atom is 0.0429 e. The van der Waals surface area contributed by atoms with Crippen LogP contribution >= 0.6 is 0 Å². The van der Waals surface area contributed by atoms with Crippen molar-refractivity contribution in [2.75, 3.05) is 25.0 Å². The van der Waals surface area contributed by atoms with Crippen LogP contribution in [0.4, 0.5) is 5.69 Å². The van der Waals surface area contributed by atoms with E-state index < -0.39 is 0 Å². The largest absolute Gasteiger partial charge is 0.380 e. The van der Waals surface area contributed by atoms with Crippen LogP contribution in [-0.2, 0) is 6.42 Å². The SMILES string of the molecule is c1ccc2c(c1)C[C@@H](CN1CCCCC1)N2. The van der Waals surface area contributed by atoms with Crippen LogP contribution < -0.4 is 5.32 Å². The first-order valence-electron chi connectivity index (χ1n) is 6.48. The fraction of sp³-hybridized carbons (Fsp3) is 0.571. The summed E-state index contributed by atoms with van der Waals surface area (Å²) in [6.07, 6.45) is 5.40. The number of rotatable bonds is 2. The highest BCUT2D eigenvalue weighted by Gasteiger charge is 2.22. The van der Waals surface area contributed by atoms with E-state index in [-0.39, 0.29) is 0 Å². The van der Waals surface area contributed by atoms with Crippen LogP contribution in [0.2, 0.25) is 0 Å². The number of nitrogens with one attached hydrogen (secondary N) is 1. The van der Waals surface area contributed by atoms with Crippen molar-refractivity contribution in [2.24, 2.45) is 0 Å². The highest BCUT2D eigenvalue weighted by atomic mass is 15.2. The Balaban J connectivity index is 1.59. The van der Waals surface area contributed by atoms with Gasteiger partial charge in [0, 0.05) is 18.3 Å². The van der Waals surface area contributed by atoms with E-state index in [9.17, 15) is 0 Å². The van der Waals surface area contributed by atoms with E-state index >= 15 is 0 Å². The zero-order chi connectivity index (χ0) is 10.8. The van der Waals surface area contributed by atoms with Gasteiger partial charge in [-0.05, 0) is 44.0 Å². The molecule has 0 amide bonds. The van der Waals surface area contributed by atoms with Crippen molar-refractivity contribution in [2.45, 2.75) is 31.7 Å². The molecule has 3 rings (SSSR count). The summed E-state index contributed by atoms with van der Waals surface area (Å²) in [7, 11) is 0. The Kier molecular flexibility index (Phi) is 2.83. The van der Waals surface area contributed by atoms with Gasteiger partial charge in [0.2, 0.25) is 0 Å². The molecule has 0 aromatic heterocycles. The lowest BCUT2D eigenvalue weighted by Crippen LogP contribution is -2.38. The molecule has 2 aliphatic heterocycles. The van der Waals surface area contributed by atoms with Crippen LogP contribution in [0.5, 0.6) is 0 Å². The Bertz CT molecular complexity index is 331. The summed E-state index contributed by atoms with van der Waals surface area (Å²) in [5.41, 5.74) is 2.84. The summed E-state index contributed by atoms with van der Waals surface area (Å²) >= 11 is 0. The van der Waals surface area contributed by atoms with Crippen LogP contribution in [-0.4, -0.2) is 30.6 Å². The van der Waals surface area contributed by atoms with Gasteiger partial charge in [-0.2, -0.15) is 0 Å². The minimum Gasteiger partial charge on any atom is -0.380 e. The van der Waals surface area contributed by atoms with Crippen molar-refractivity contribution >= 4 is 5.69 Å². The van der Waals surface area contributed by atoms with Gasteiger partial charge in [0.25, 0.3) is 0 Å². The van der Waals surface area contributed by atoms with Gasteiger partial charge in [-0.1, -0.05) is 24.6 Å². The van der Waals surface area contributed by atoms with E-state index in [0.717, 1.165) is 0 Å². The van der Waals surface area contributed by atoms with Crippen LogP contribution in [0.1, 0.15) is 24.8 Å². The van der Waals surface area contributed by atoms with Crippen LogP contribution in [0, 0.1) is 0 Å². The van der Waals surface area contributed by atoms with Crippen LogP contribution in [0.3, 0.4) is 0 Å². The second kappa shape index (κ2) is 4.46. The topological polar surface area (TPSA) is 15.3 Å². The maximum absolute atomic E-state index is 3.64. The number of para-hydroxylation sites is 1. The fourth-order valence-corrected chi connectivity index (χ4v) is 2.94. The Morgan fingerprint density at radius 3 is 2.75 bits per heavy atom. The molecule has 16 heavy (non-hydrogen) atoms. The Labute approximate surface area is 97.6 Å². The molecule has 2 nitrogen and oxygen atoms in total. The Hall–Kier alpha value is -1.02. The van der Waals surface area contributed by atoms with Gasteiger partial charge >= 0.3 is 0 Å². The summed E-state index contributed by atoms with van der Waals surface area (Å²) in [5.74, 6) is 0. The summed E-state index contributed by atoms with van der Waals surface area (Å²) < 4.78 is 0. The molecule has 2 heterocycles.